The van der Waals surface area contributed by atoms with E-state index in [0.29, 0.717) is 6.61 Å². The molecule has 2 aromatic carbocycles. The number of carbonyl (C=O) groups is 1. The average molecular weight is 409 g/mol. The summed E-state index contributed by atoms with van der Waals surface area (Å²) in [4.78, 5) is 16.9. The molecular weight excluding hydrogens is 372 g/mol. The summed E-state index contributed by atoms with van der Waals surface area (Å²) < 4.78 is 5.21. The fourth-order valence-electron chi connectivity index (χ4n) is 4.29. The van der Waals surface area contributed by atoms with E-state index < -0.39 is 0 Å². The SMILES string of the molecule is CCOC(=O)[C@@H]1CCCN(CCCCCCN(c2ccccc2)c2ccccc2)C1. The number of esters is 1. The lowest BCUT2D eigenvalue weighted by Gasteiger charge is -2.31. The molecule has 0 saturated carbocycles. The zero-order chi connectivity index (χ0) is 21.0. The third-order valence-electron chi connectivity index (χ3n) is 5.87. The molecule has 0 spiro atoms. The number of ether oxygens (including phenoxy) is 1. The maximum absolute atomic E-state index is 12.0. The highest BCUT2D eigenvalue weighted by molar-refractivity contribution is 5.72. The van der Waals surface area contributed by atoms with E-state index in [1.54, 1.807) is 0 Å². The predicted molar refractivity (Wildman–Crippen MR) is 124 cm³/mol. The molecule has 0 unspecified atom stereocenters. The number of para-hydroxylation sites is 2. The number of rotatable bonds is 11. The number of hydrogen-bond donors (Lipinski definition) is 0. The quantitative estimate of drug-likeness (QED) is 0.355. The molecule has 0 aromatic heterocycles. The molecule has 0 N–H and O–H groups in total. The van der Waals surface area contributed by atoms with Crippen LogP contribution in [0.2, 0.25) is 0 Å². The molecule has 1 aliphatic rings. The minimum Gasteiger partial charge on any atom is -0.466 e. The van der Waals surface area contributed by atoms with Crippen LogP contribution in [0, 0.1) is 5.92 Å². The van der Waals surface area contributed by atoms with Gasteiger partial charge in [0.1, 0.15) is 0 Å². The molecule has 4 heteroatoms. The summed E-state index contributed by atoms with van der Waals surface area (Å²) in [6, 6.07) is 21.3. The Morgan fingerprint density at radius 3 is 2.23 bits per heavy atom. The van der Waals surface area contributed by atoms with Crippen molar-refractivity contribution in [3.8, 4) is 0 Å². The maximum Gasteiger partial charge on any atom is 0.310 e. The minimum absolute atomic E-state index is 0.0101. The molecule has 1 aliphatic heterocycles. The van der Waals surface area contributed by atoms with Gasteiger partial charge in [-0.1, -0.05) is 49.2 Å². The van der Waals surface area contributed by atoms with Crippen LogP contribution in [0.3, 0.4) is 0 Å². The van der Waals surface area contributed by atoms with Crippen LogP contribution in [-0.2, 0) is 9.53 Å². The number of benzene rings is 2. The van der Waals surface area contributed by atoms with Crippen molar-refractivity contribution >= 4 is 17.3 Å². The minimum atomic E-state index is -0.0101. The van der Waals surface area contributed by atoms with Gasteiger partial charge in [-0.3, -0.25) is 4.79 Å². The fourth-order valence-corrected chi connectivity index (χ4v) is 4.29. The molecular formula is C26H36N2O2. The van der Waals surface area contributed by atoms with Gasteiger partial charge in [0.15, 0.2) is 0 Å². The van der Waals surface area contributed by atoms with Crippen LogP contribution < -0.4 is 4.90 Å². The van der Waals surface area contributed by atoms with Crippen LogP contribution >= 0.6 is 0 Å². The lowest BCUT2D eigenvalue weighted by molar-refractivity contribution is -0.149. The average Bonchev–Trinajstić information content (AvgIpc) is 2.80. The molecule has 1 saturated heterocycles. The highest BCUT2D eigenvalue weighted by atomic mass is 16.5. The Labute approximate surface area is 181 Å². The molecule has 0 amide bonds. The van der Waals surface area contributed by atoms with Crippen LogP contribution in [0.5, 0.6) is 0 Å². The normalized spacial score (nSPS) is 16.9. The number of hydrogen-bond acceptors (Lipinski definition) is 4. The Balaban J connectivity index is 1.39. The molecule has 162 valence electrons. The second-order valence-electron chi connectivity index (χ2n) is 8.13. The number of unbranched alkanes of at least 4 members (excludes halogenated alkanes) is 3. The van der Waals surface area contributed by atoms with Crippen LogP contribution in [-0.4, -0.2) is 43.7 Å². The third-order valence-corrected chi connectivity index (χ3v) is 5.87. The summed E-state index contributed by atoms with van der Waals surface area (Å²) in [5.74, 6) is 0.0631. The van der Waals surface area contributed by atoms with Crippen molar-refractivity contribution in [3.63, 3.8) is 0 Å². The molecule has 30 heavy (non-hydrogen) atoms. The topological polar surface area (TPSA) is 32.8 Å². The number of likely N-dealkylation sites (tertiary alicyclic amines) is 1. The highest BCUT2D eigenvalue weighted by Gasteiger charge is 2.26. The first-order valence-electron chi connectivity index (χ1n) is 11.5. The molecule has 1 atom stereocenters. The van der Waals surface area contributed by atoms with Gasteiger partial charge in [0.2, 0.25) is 0 Å². The van der Waals surface area contributed by atoms with Gasteiger partial charge in [-0.25, -0.2) is 0 Å². The van der Waals surface area contributed by atoms with Crippen LogP contribution in [0.25, 0.3) is 0 Å². The number of carbonyl (C=O) groups excluding carboxylic acids is 1. The van der Waals surface area contributed by atoms with Gasteiger partial charge in [-0.05, 0) is 70.0 Å². The van der Waals surface area contributed by atoms with Crippen LogP contribution in [0.4, 0.5) is 11.4 Å². The second-order valence-corrected chi connectivity index (χ2v) is 8.13. The van der Waals surface area contributed by atoms with Gasteiger partial charge >= 0.3 is 5.97 Å². The van der Waals surface area contributed by atoms with Crippen molar-refractivity contribution in [3.05, 3.63) is 60.7 Å². The molecule has 1 heterocycles. The Morgan fingerprint density at radius 1 is 0.967 bits per heavy atom. The maximum atomic E-state index is 12.0. The van der Waals surface area contributed by atoms with E-state index in [4.69, 9.17) is 4.74 Å². The summed E-state index contributed by atoms with van der Waals surface area (Å²) in [7, 11) is 0. The summed E-state index contributed by atoms with van der Waals surface area (Å²) in [6.45, 7) is 6.48. The van der Waals surface area contributed by atoms with Gasteiger partial charge in [-0.15, -0.1) is 0 Å². The first-order valence-corrected chi connectivity index (χ1v) is 11.5. The zero-order valence-electron chi connectivity index (χ0n) is 18.3. The van der Waals surface area contributed by atoms with Crippen molar-refractivity contribution in [1.29, 1.82) is 0 Å². The Hall–Kier alpha value is -2.33. The van der Waals surface area contributed by atoms with E-state index in [1.165, 1.54) is 37.1 Å². The summed E-state index contributed by atoms with van der Waals surface area (Å²) in [6.07, 6.45) is 6.92. The molecule has 0 aliphatic carbocycles. The van der Waals surface area contributed by atoms with Crippen molar-refractivity contribution in [2.24, 2.45) is 5.92 Å². The highest BCUT2D eigenvalue weighted by Crippen LogP contribution is 2.25. The van der Waals surface area contributed by atoms with E-state index in [9.17, 15) is 4.79 Å². The summed E-state index contributed by atoms with van der Waals surface area (Å²) in [5.41, 5.74) is 2.50. The van der Waals surface area contributed by atoms with Crippen molar-refractivity contribution in [2.75, 3.05) is 37.7 Å². The number of piperidine rings is 1. The van der Waals surface area contributed by atoms with E-state index in [-0.39, 0.29) is 11.9 Å². The Bertz CT molecular complexity index is 696. The largest absolute Gasteiger partial charge is 0.466 e. The van der Waals surface area contributed by atoms with E-state index in [1.807, 2.05) is 6.92 Å². The van der Waals surface area contributed by atoms with E-state index in [2.05, 4.69) is 70.5 Å². The lowest BCUT2D eigenvalue weighted by atomic mass is 9.98. The number of nitrogens with zero attached hydrogens (tertiary/aromatic N) is 2. The third kappa shape index (κ3) is 6.88. The molecule has 0 radical (unpaired) electrons. The van der Waals surface area contributed by atoms with Crippen LogP contribution in [0.15, 0.2) is 60.7 Å². The van der Waals surface area contributed by atoms with Gasteiger partial charge in [-0.2, -0.15) is 0 Å². The van der Waals surface area contributed by atoms with Gasteiger partial charge in [0, 0.05) is 24.5 Å². The molecule has 1 fully saturated rings. The van der Waals surface area contributed by atoms with Crippen molar-refractivity contribution in [2.45, 2.75) is 45.4 Å². The summed E-state index contributed by atoms with van der Waals surface area (Å²) >= 11 is 0. The van der Waals surface area contributed by atoms with Crippen molar-refractivity contribution < 1.29 is 9.53 Å². The standard InChI is InChI=1S/C26H36N2O2/c1-2-30-26(29)23-14-13-20-27(22-23)19-11-3-4-12-21-28(24-15-7-5-8-16-24)25-17-9-6-10-18-25/h5-10,15-18,23H,2-4,11-14,19-22H2,1H3/t23-/m1/s1. The molecule has 0 bridgehead atoms. The van der Waals surface area contributed by atoms with E-state index >= 15 is 0 Å². The first-order chi connectivity index (χ1) is 14.8. The number of anilines is 2. The first kappa shape index (κ1) is 22.4. The predicted octanol–water partition coefficient (Wildman–Crippen LogP) is 5.66. The second kappa shape index (κ2) is 12.4. The van der Waals surface area contributed by atoms with Crippen LogP contribution in [0.1, 0.15) is 45.4 Å². The van der Waals surface area contributed by atoms with Gasteiger partial charge in [0.25, 0.3) is 0 Å². The van der Waals surface area contributed by atoms with Gasteiger partial charge < -0.3 is 14.5 Å². The molecule has 4 nitrogen and oxygen atoms in total. The molecule has 3 rings (SSSR count). The Morgan fingerprint density at radius 2 is 1.60 bits per heavy atom. The lowest BCUT2D eigenvalue weighted by Crippen LogP contribution is -2.39. The Kier molecular flexibility index (Phi) is 9.23. The smallest absolute Gasteiger partial charge is 0.310 e. The monoisotopic (exact) mass is 408 g/mol. The summed E-state index contributed by atoms with van der Waals surface area (Å²) in [5, 5.41) is 0. The molecule has 2 aromatic rings. The van der Waals surface area contributed by atoms with Crippen molar-refractivity contribution in [1.82, 2.24) is 4.90 Å². The van der Waals surface area contributed by atoms with Gasteiger partial charge in [0.05, 0.1) is 12.5 Å². The zero-order valence-corrected chi connectivity index (χ0v) is 18.3. The van der Waals surface area contributed by atoms with E-state index in [0.717, 1.165) is 39.0 Å². The fraction of sp³-hybridized carbons (Fsp3) is 0.500.